The van der Waals surface area contributed by atoms with Crippen molar-refractivity contribution in [2.24, 2.45) is 0 Å². The van der Waals surface area contributed by atoms with Crippen molar-refractivity contribution < 1.29 is 9.13 Å². The van der Waals surface area contributed by atoms with Crippen LogP contribution in [0.3, 0.4) is 0 Å². The molecule has 0 N–H and O–H groups in total. The van der Waals surface area contributed by atoms with Crippen molar-refractivity contribution in [2.45, 2.75) is 0 Å². The molecule has 0 spiro atoms. The Bertz CT molecular complexity index is 1170. The number of ether oxygens (including phenoxy) is 1. The number of fused-ring (bicyclic) bond motifs is 1. The molecule has 3 heterocycles. The van der Waals surface area contributed by atoms with Crippen LogP contribution < -0.4 is 14.5 Å². The summed E-state index contributed by atoms with van der Waals surface area (Å²) in [7, 11) is 1.67. The third kappa shape index (κ3) is 3.30. The van der Waals surface area contributed by atoms with Gasteiger partial charge in [-0.15, -0.1) is 15.3 Å². The Morgan fingerprint density at radius 2 is 1.57 bits per heavy atom. The number of anilines is 2. The van der Waals surface area contributed by atoms with Crippen molar-refractivity contribution >= 4 is 17.2 Å². The van der Waals surface area contributed by atoms with E-state index in [1.165, 1.54) is 11.8 Å². The molecule has 0 unspecified atom stereocenters. The standard InChI is InChI=1S/C22H21FN6O/c1-30-17-8-6-16(7-9-17)27-12-14-28(15-13-27)21-11-10-20-24-25-22(29(20)26-21)18-4-2-3-5-19(18)23/h2-11H,12-15H2,1H3. The molecule has 2 aromatic heterocycles. The first-order chi connectivity index (χ1) is 14.7. The first-order valence-electron chi connectivity index (χ1n) is 9.84. The number of halogens is 1. The summed E-state index contributed by atoms with van der Waals surface area (Å²) in [6, 6.07) is 18.5. The van der Waals surface area contributed by atoms with Crippen molar-refractivity contribution in [3.05, 3.63) is 66.5 Å². The third-order valence-corrected chi connectivity index (χ3v) is 5.40. The molecule has 1 saturated heterocycles. The van der Waals surface area contributed by atoms with E-state index in [4.69, 9.17) is 9.84 Å². The molecule has 0 amide bonds. The lowest BCUT2D eigenvalue weighted by Gasteiger charge is -2.36. The van der Waals surface area contributed by atoms with Gasteiger partial charge in [0.1, 0.15) is 17.4 Å². The molecule has 1 fully saturated rings. The second kappa shape index (κ2) is 7.62. The van der Waals surface area contributed by atoms with E-state index in [2.05, 4.69) is 32.1 Å². The summed E-state index contributed by atoms with van der Waals surface area (Å²) >= 11 is 0. The molecule has 5 rings (SSSR count). The quantitative estimate of drug-likeness (QED) is 0.520. The molecular weight excluding hydrogens is 383 g/mol. The molecule has 2 aromatic carbocycles. The van der Waals surface area contributed by atoms with Crippen LogP contribution in [0.1, 0.15) is 0 Å². The zero-order chi connectivity index (χ0) is 20.5. The maximum absolute atomic E-state index is 14.3. The number of hydrogen-bond donors (Lipinski definition) is 0. The summed E-state index contributed by atoms with van der Waals surface area (Å²) in [6.45, 7) is 3.44. The van der Waals surface area contributed by atoms with Crippen LogP contribution in [0.25, 0.3) is 17.0 Å². The third-order valence-electron chi connectivity index (χ3n) is 5.40. The minimum atomic E-state index is -0.341. The minimum absolute atomic E-state index is 0.341. The molecule has 0 saturated carbocycles. The molecule has 152 valence electrons. The maximum Gasteiger partial charge on any atom is 0.188 e. The Hall–Kier alpha value is -3.68. The fraction of sp³-hybridized carbons (Fsp3) is 0.227. The number of benzene rings is 2. The van der Waals surface area contributed by atoms with Crippen molar-refractivity contribution in [1.29, 1.82) is 0 Å². The van der Waals surface area contributed by atoms with Crippen LogP contribution in [0.5, 0.6) is 5.75 Å². The fourth-order valence-corrected chi connectivity index (χ4v) is 3.75. The number of hydrogen-bond acceptors (Lipinski definition) is 6. The molecule has 7 nitrogen and oxygen atoms in total. The summed E-state index contributed by atoms with van der Waals surface area (Å²) in [6.07, 6.45) is 0. The Morgan fingerprint density at radius 3 is 2.30 bits per heavy atom. The zero-order valence-corrected chi connectivity index (χ0v) is 16.6. The molecule has 30 heavy (non-hydrogen) atoms. The molecule has 8 heteroatoms. The Balaban J connectivity index is 1.37. The summed E-state index contributed by atoms with van der Waals surface area (Å²) in [5, 5.41) is 13.0. The molecule has 0 bridgehead atoms. The summed E-state index contributed by atoms with van der Waals surface area (Å²) in [5.74, 6) is 1.75. The van der Waals surface area contributed by atoms with E-state index in [9.17, 15) is 4.39 Å². The van der Waals surface area contributed by atoms with Crippen molar-refractivity contribution in [3.8, 4) is 17.1 Å². The second-order valence-corrected chi connectivity index (χ2v) is 7.14. The lowest BCUT2D eigenvalue weighted by atomic mass is 10.2. The lowest BCUT2D eigenvalue weighted by molar-refractivity contribution is 0.415. The highest BCUT2D eigenvalue weighted by atomic mass is 19.1. The van der Waals surface area contributed by atoms with E-state index in [1.54, 1.807) is 29.8 Å². The van der Waals surface area contributed by atoms with Gasteiger partial charge in [-0.1, -0.05) is 12.1 Å². The van der Waals surface area contributed by atoms with Crippen LogP contribution in [0.15, 0.2) is 60.7 Å². The van der Waals surface area contributed by atoms with Gasteiger partial charge in [-0.2, -0.15) is 4.52 Å². The monoisotopic (exact) mass is 404 g/mol. The lowest BCUT2D eigenvalue weighted by Crippen LogP contribution is -2.47. The van der Waals surface area contributed by atoms with Crippen LogP contribution >= 0.6 is 0 Å². The van der Waals surface area contributed by atoms with Gasteiger partial charge in [-0.3, -0.25) is 0 Å². The van der Waals surface area contributed by atoms with Gasteiger partial charge < -0.3 is 14.5 Å². The smallest absolute Gasteiger partial charge is 0.188 e. The number of piperazine rings is 1. The molecule has 4 aromatic rings. The zero-order valence-electron chi connectivity index (χ0n) is 16.6. The maximum atomic E-state index is 14.3. The van der Waals surface area contributed by atoms with Gasteiger partial charge >= 0.3 is 0 Å². The van der Waals surface area contributed by atoms with E-state index >= 15 is 0 Å². The second-order valence-electron chi connectivity index (χ2n) is 7.14. The molecule has 1 aliphatic rings. The van der Waals surface area contributed by atoms with Gasteiger partial charge in [0.2, 0.25) is 0 Å². The molecule has 0 aliphatic carbocycles. The summed E-state index contributed by atoms with van der Waals surface area (Å²) in [4.78, 5) is 4.57. The Morgan fingerprint density at radius 1 is 0.833 bits per heavy atom. The Labute approximate surface area is 173 Å². The predicted octanol–water partition coefficient (Wildman–Crippen LogP) is 3.27. The van der Waals surface area contributed by atoms with Crippen LogP contribution in [0, 0.1) is 5.82 Å². The van der Waals surface area contributed by atoms with Gasteiger partial charge in [0.15, 0.2) is 11.5 Å². The predicted molar refractivity (Wildman–Crippen MR) is 114 cm³/mol. The molecular formula is C22H21FN6O. The van der Waals surface area contributed by atoms with Gasteiger partial charge in [0.25, 0.3) is 0 Å². The van der Waals surface area contributed by atoms with E-state index in [0.717, 1.165) is 37.7 Å². The van der Waals surface area contributed by atoms with Crippen LogP contribution in [0.2, 0.25) is 0 Å². The number of methoxy groups -OCH3 is 1. The highest BCUT2D eigenvalue weighted by Crippen LogP contribution is 2.24. The topological polar surface area (TPSA) is 58.8 Å². The number of aromatic nitrogens is 4. The normalized spacial score (nSPS) is 14.3. The minimum Gasteiger partial charge on any atom is -0.497 e. The van der Waals surface area contributed by atoms with Crippen LogP contribution in [-0.4, -0.2) is 53.1 Å². The summed E-state index contributed by atoms with van der Waals surface area (Å²) < 4.78 is 21.1. The first-order valence-corrected chi connectivity index (χ1v) is 9.84. The first kappa shape index (κ1) is 18.4. The average Bonchev–Trinajstić information content (AvgIpc) is 3.23. The van der Waals surface area contributed by atoms with E-state index in [0.29, 0.717) is 17.0 Å². The van der Waals surface area contributed by atoms with Gasteiger partial charge in [0, 0.05) is 31.9 Å². The van der Waals surface area contributed by atoms with E-state index in [1.807, 2.05) is 24.3 Å². The highest BCUT2D eigenvalue weighted by Gasteiger charge is 2.20. The fourth-order valence-electron chi connectivity index (χ4n) is 3.75. The number of nitrogens with zero attached hydrogens (tertiary/aromatic N) is 6. The Kier molecular flexibility index (Phi) is 4.66. The SMILES string of the molecule is COc1ccc(N2CCN(c3ccc4nnc(-c5ccccc5F)n4n3)CC2)cc1. The van der Waals surface area contributed by atoms with Gasteiger partial charge in [0.05, 0.1) is 12.7 Å². The van der Waals surface area contributed by atoms with Crippen molar-refractivity contribution in [1.82, 2.24) is 19.8 Å². The average molecular weight is 404 g/mol. The molecule has 0 atom stereocenters. The van der Waals surface area contributed by atoms with Crippen molar-refractivity contribution in [2.75, 3.05) is 43.1 Å². The van der Waals surface area contributed by atoms with Crippen LogP contribution in [-0.2, 0) is 0 Å². The largest absolute Gasteiger partial charge is 0.497 e. The molecule has 0 radical (unpaired) electrons. The van der Waals surface area contributed by atoms with Gasteiger partial charge in [-0.05, 0) is 48.5 Å². The summed E-state index contributed by atoms with van der Waals surface area (Å²) in [5.41, 5.74) is 2.16. The van der Waals surface area contributed by atoms with Gasteiger partial charge in [-0.25, -0.2) is 4.39 Å². The van der Waals surface area contributed by atoms with Crippen LogP contribution in [0.4, 0.5) is 15.9 Å². The highest BCUT2D eigenvalue weighted by molar-refractivity contribution is 5.60. The van der Waals surface area contributed by atoms with Crippen molar-refractivity contribution in [3.63, 3.8) is 0 Å². The number of rotatable bonds is 4. The van der Waals surface area contributed by atoms with E-state index in [-0.39, 0.29) is 5.82 Å². The molecule has 1 aliphatic heterocycles. The van der Waals surface area contributed by atoms with E-state index < -0.39 is 0 Å².